The Balaban J connectivity index is 2.78. The van der Waals surface area contributed by atoms with E-state index in [1.165, 1.54) is 0 Å². The van der Waals surface area contributed by atoms with Crippen LogP contribution in [0.1, 0.15) is 33.3 Å². The molecule has 0 amide bonds. The van der Waals surface area contributed by atoms with Crippen molar-refractivity contribution in [1.29, 1.82) is 0 Å². The summed E-state index contributed by atoms with van der Waals surface area (Å²) in [6, 6.07) is 8.15. The predicted molar refractivity (Wildman–Crippen MR) is 88.8 cm³/mol. The first-order valence-corrected chi connectivity index (χ1v) is 10.3. The third kappa shape index (κ3) is 4.41. The molecular formula is C15H26BrNOSi. The standard InChI is InChI=1S/C15H26BrNOSi/c1-14(2,3)19(5,6)18-11-15(4,17)12-7-9-13(16)10-8-12/h7-10H,11,17H2,1-6H3. The van der Waals surface area contributed by atoms with Gasteiger partial charge in [-0.15, -0.1) is 0 Å². The van der Waals surface area contributed by atoms with Gasteiger partial charge in [0.05, 0.1) is 12.1 Å². The van der Waals surface area contributed by atoms with Crippen LogP contribution in [0.2, 0.25) is 18.1 Å². The molecule has 0 spiro atoms. The minimum Gasteiger partial charge on any atom is -0.415 e. The molecule has 0 radical (unpaired) electrons. The number of halogens is 1. The van der Waals surface area contributed by atoms with Crippen molar-refractivity contribution in [1.82, 2.24) is 0 Å². The van der Waals surface area contributed by atoms with E-state index in [0.717, 1.165) is 10.0 Å². The SMILES string of the molecule is CC(N)(CO[Si](C)(C)C(C)(C)C)c1ccc(Br)cc1. The highest BCUT2D eigenvalue weighted by Crippen LogP contribution is 2.37. The zero-order chi connectivity index (χ0) is 14.9. The lowest BCUT2D eigenvalue weighted by Crippen LogP contribution is -2.47. The van der Waals surface area contributed by atoms with Gasteiger partial charge >= 0.3 is 0 Å². The van der Waals surface area contributed by atoms with Crippen molar-refractivity contribution in [3.8, 4) is 0 Å². The summed E-state index contributed by atoms with van der Waals surface area (Å²) in [7, 11) is -1.75. The fourth-order valence-corrected chi connectivity index (χ4v) is 2.82. The Morgan fingerprint density at radius 1 is 1.11 bits per heavy atom. The smallest absolute Gasteiger partial charge is 0.192 e. The van der Waals surface area contributed by atoms with E-state index in [-0.39, 0.29) is 5.04 Å². The van der Waals surface area contributed by atoms with Crippen LogP contribution in [0.3, 0.4) is 0 Å². The molecule has 1 aromatic carbocycles. The molecule has 108 valence electrons. The van der Waals surface area contributed by atoms with Gasteiger partial charge < -0.3 is 10.2 Å². The maximum atomic E-state index is 6.42. The van der Waals surface area contributed by atoms with Crippen molar-refractivity contribution in [3.63, 3.8) is 0 Å². The zero-order valence-corrected chi connectivity index (χ0v) is 15.5. The van der Waals surface area contributed by atoms with E-state index in [9.17, 15) is 0 Å². The van der Waals surface area contributed by atoms with Crippen molar-refractivity contribution in [3.05, 3.63) is 34.3 Å². The van der Waals surface area contributed by atoms with Crippen LogP contribution in [-0.2, 0) is 9.96 Å². The molecule has 0 aliphatic heterocycles. The van der Waals surface area contributed by atoms with Crippen LogP contribution >= 0.6 is 15.9 Å². The van der Waals surface area contributed by atoms with Gasteiger partial charge in [-0.05, 0) is 42.8 Å². The van der Waals surface area contributed by atoms with E-state index < -0.39 is 13.9 Å². The first-order valence-electron chi connectivity index (χ1n) is 6.65. The maximum absolute atomic E-state index is 6.42. The lowest BCUT2D eigenvalue weighted by Gasteiger charge is -2.39. The Hall–Kier alpha value is -0.163. The van der Waals surface area contributed by atoms with Crippen LogP contribution < -0.4 is 5.73 Å². The highest BCUT2D eigenvalue weighted by atomic mass is 79.9. The lowest BCUT2D eigenvalue weighted by atomic mass is 9.94. The van der Waals surface area contributed by atoms with E-state index in [1.54, 1.807) is 0 Å². The van der Waals surface area contributed by atoms with Crippen LogP contribution in [-0.4, -0.2) is 14.9 Å². The summed E-state index contributed by atoms with van der Waals surface area (Å²) in [5.41, 5.74) is 7.08. The number of hydrogen-bond acceptors (Lipinski definition) is 2. The first-order chi connectivity index (χ1) is 8.46. The number of nitrogens with two attached hydrogens (primary N) is 1. The molecule has 0 saturated heterocycles. The topological polar surface area (TPSA) is 35.2 Å². The highest BCUT2D eigenvalue weighted by molar-refractivity contribution is 9.10. The number of hydrogen-bond donors (Lipinski definition) is 1. The van der Waals surface area contributed by atoms with E-state index in [2.05, 4.69) is 61.9 Å². The number of benzene rings is 1. The average molecular weight is 344 g/mol. The molecule has 0 bridgehead atoms. The van der Waals surface area contributed by atoms with Crippen molar-refractivity contribution in [2.24, 2.45) is 5.73 Å². The molecule has 19 heavy (non-hydrogen) atoms. The van der Waals surface area contributed by atoms with E-state index >= 15 is 0 Å². The maximum Gasteiger partial charge on any atom is 0.192 e. The van der Waals surface area contributed by atoms with Crippen LogP contribution in [0, 0.1) is 0 Å². The molecule has 0 heterocycles. The molecular weight excluding hydrogens is 318 g/mol. The second-order valence-electron chi connectivity index (χ2n) is 6.97. The Morgan fingerprint density at radius 3 is 2.00 bits per heavy atom. The van der Waals surface area contributed by atoms with Gasteiger partial charge in [-0.1, -0.05) is 48.8 Å². The van der Waals surface area contributed by atoms with Gasteiger partial charge in [-0.3, -0.25) is 0 Å². The Kier molecular flexibility index (Phi) is 5.05. The quantitative estimate of drug-likeness (QED) is 0.807. The highest BCUT2D eigenvalue weighted by Gasteiger charge is 2.38. The fraction of sp³-hybridized carbons (Fsp3) is 0.600. The Morgan fingerprint density at radius 2 is 1.58 bits per heavy atom. The summed E-state index contributed by atoms with van der Waals surface area (Å²) in [4.78, 5) is 0. The lowest BCUT2D eigenvalue weighted by molar-refractivity contribution is 0.212. The van der Waals surface area contributed by atoms with Crippen LogP contribution in [0.25, 0.3) is 0 Å². The molecule has 1 aromatic rings. The van der Waals surface area contributed by atoms with Crippen molar-refractivity contribution >= 4 is 24.2 Å². The van der Waals surface area contributed by atoms with Crippen LogP contribution in [0.5, 0.6) is 0 Å². The normalized spacial score (nSPS) is 16.2. The Labute approximate surface area is 127 Å². The van der Waals surface area contributed by atoms with E-state index in [0.29, 0.717) is 6.61 Å². The molecule has 1 atom stereocenters. The summed E-state index contributed by atoms with van der Waals surface area (Å²) in [6.07, 6.45) is 0. The minimum absolute atomic E-state index is 0.211. The molecule has 2 N–H and O–H groups in total. The van der Waals surface area contributed by atoms with Gasteiger partial charge in [-0.25, -0.2) is 0 Å². The third-order valence-corrected chi connectivity index (χ3v) is 9.05. The van der Waals surface area contributed by atoms with Gasteiger partial charge in [0.1, 0.15) is 0 Å². The first kappa shape index (κ1) is 16.9. The largest absolute Gasteiger partial charge is 0.415 e. The molecule has 0 saturated carbocycles. The molecule has 2 nitrogen and oxygen atoms in total. The van der Waals surface area contributed by atoms with Crippen molar-refractivity contribution in [2.75, 3.05) is 6.61 Å². The van der Waals surface area contributed by atoms with Crippen molar-refractivity contribution < 1.29 is 4.43 Å². The fourth-order valence-electron chi connectivity index (χ4n) is 1.46. The molecule has 1 rings (SSSR count). The molecule has 4 heteroatoms. The second kappa shape index (κ2) is 5.68. The summed E-state index contributed by atoms with van der Waals surface area (Å²) < 4.78 is 7.31. The molecule has 0 aromatic heterocycles. The molecule has 0 aliphatic rings. The number of rotatable bonds is 4. The van der Waals surface area contributed by atoms with Crippen molar-refractivity contribution in [2.45, 2.75) is 51.4 Å². The van der Waals surface area contributed by atoms with Gasteiger partial charge in [0.2, 0.25) is 0 Å². The zero-order valence-electron chi connectivity index (χ0n) is 12.9. The van der Waals surface area contributed by atoms with Gasteiger partial charge in [-0.2, -0.15) is 0 Å². The Bertz CT molecular complexity index is 421. The second-order valence-corrected chi connectivity index (χ2v) is 12.7. The van der Waals surface area contributed by atoms with Crippen LogP contribution in [0.4, 0.5) is 0 Å². The molecule has 0 aliphatic carbocycles. The summed E-state index contributed by atoms with van der Waals surface area (Å²) in [5, 5.41) is 0.211. The monoisotopic (exact) mass is 343 g/mol. The molecule has 1 unspecified atom stereocenters. The summed E-state index contributed by atoms with van der Waals surface area (Å²) in [6.45, 7) is 13.8. The average Bonchev–Trinajstić information content (AvgIpc) is 2.26. The van der Waals surface area contributed by atoms with E-state index in [1.807, 2.05) is 19.1 Å². The van der Waals surface area contributed by atoms with Gasteiger partial charge in [0, 0.05) is 4.47 Å². The predicted octanol–water partition coefficient (Wildman–Crippen LogP) is 4.64. The summed E-state index contributed by atoms with van der Waals surface area (Å²) in [5.74, 6) is 0. The third-order valence-electron chi connectivity index (χ3n) is 4.04. The molecule has 0 fully saturated rings. The van der Waals surface area contributed by atoms with Crippen LogP contribution in [0.15, 0.2) is 28.7 Å². The van der Waals surface area contributed by atoms with Gasteiger partial charge in [0.15, 0.2) is 8.32 Å². The minimum atomic E-state index is -1.75. The van der Waals surface area contributed by atoms with Gasteiger partial charge in [0.25, 0.3) is 0 Å². The summed E-state index contributed by atoms with van der Waals surface area (Å²) >= 11 is 3.44. The van der Waals surface area contributed by atoms with E-state index in [4.69, 9.17) is 10.2 Å².